The molecule has 0 aromatic heterocycles. The van der Waals surface area contributed by atoms with Crippen LogP contribution in [-0.4, -0.2) is 0 Å². The molecule has 0 spiro atoms. The molecule has 1 rings (SSSR count). The van der Waals surface area contributed by atoms with E-state index in [0.29, 0.717) is 20.2 Å². The molecule has 0 unspecified atom stereocenters. The molecule has 0 bridgehead atoms. The molecule has 0 saturated heterocycles. The van der Waals surface area contributed by atoms with Gasteiger partial charge in [0.25, 0.3) is 0 Å². The van der Waals surface area contributed by atoms with E-state index in [1.165, 1.54) is 0 Å². The summed E-state index contributed by atoms with van der Waals surface area (Å²) in [6, 6.07) is 0. The first-order valence-electron chi connectivity index (χ1n) is 6.17. The molecule has 0 fully saturated rings. The van der Waals surface area contributed by atoms with Crippen LogP contribution in [0.3, 0.4) is 0 Å². The van der Waals surface area contributed by atoms with Crippen LogP contribution < -0.4 is 0 Å². The molecule has 1 heteroatoms. The van der Waals surface area contributed by atoms with Crippen molar-refractivity contribution in [3.05, 3.63) is 11.1 Å². The maximum atomic E-state index is 2.44. The molecule has 0 heterocycles. The maximum absolute atomic E-state index is 2.44. The Morgan fingerprint density at radius 3 is 1.00 bits per heavy atom. The molecule has 0 nitrogen and oxygen atoms in total. The second-order valence-corrected chi connectivity index (χ2v) is 9.92. The van der Waals surface area contributed by atoms with E-state index in [9.17, 15) is 0 Å². The average Bonchev–Trinajstić information content (AvgIpc) is 2.53. The molecule has 16 heavy (non-hydrogen) atoms. The van der Waals surface area contributed by atoms with Gasteiger partial charge in [0.1, 0.15) is 0 Å². The number of rotatable bonds is 0. The molecule has 1 aliphatic carbocycles. The third kappa shape index (κ3) is 2.06. The molecular weight excluding hydrogens is 372 g/mol. The minimum absolute atomic E-state index is 0.310. The van der Waals surface area contributed by atoms with Crippen molar-refractivity contribution in [3.63, 3.8) is 0 Å². The van der Waals surface area contributed by atoms with Crippen LogP contribution in [0.2, 0.25) is 3.93 Å². The van der Waals surface area contributed by atoms with E-state index in [1.807, 2.05) is 0 Å². The van der Waals surface area contributed by atoms with Crippen molar-refractivity contribution in [2.24, 2.45) is 16.2 Å². The summed E-state index contributed by atoms with van der Waals surface area (Å²) in [6.45, 7) is 21.2. The average molecular weight is 400 g/mol. The van der Waals surface area contributed by atoms with Crippen molar-refractivity contribution in [2.45, 2.75) is 66.2 Å². The van der Waals surface area contributed by atoms with Crippen molar-refractivity contribution in [3.8, 4) is 0 Å². The molecule has 1 aliphatic rings. The van der Waals surface area contributed by atoms with E-state index >= 15 is 0 Å². The molecule has 0 aromatic carbocycles. The Hall–Kier alpha value is 0.389. The van der Waals surface area contributed by atoms with Gasteiger partial charge >= 0.3 is 113 Å². The third-order valence-electron chi connectivity index (χ3n) is 3.35. The predicted molar refractivity (Wildman–Crippen MR) is 68.1 cm³/mol. The van der Waals surface area contributed by atoms with E-state index < -0.39 is 0 Å². The number of hydrogen-bond donors (Lipinski definition) is 0. The fraction of sp³-hybridized carbons (Fsp3) is 0.867. The summed E-state index contributed by atoms with van der Waals surface area (Å²) < 4.78 is 0.323. The Bertz CT molecular complexity index is 302. The summed E-state index contributed by atoms with van der Waals surface area (Å²) in [5.41, 5.74) is 4.34. The van der Waals surface area contributed by atoms with Gasteiger partial charge in [-0.15, -0.1) is 0 Å². The number of allylic oxidation sites excluding steroid dienone is 2. The van der Waals surface area contributed by atoms with Crippen LogP contribution in [0.5, 0.6) is 0 Å². The number of hydrogen-bond acceptors (Lipinski definition) is 0. The van der Waals surface area contributed by atoms with E-state index in [-0.39, 0.29) is 0 Å². The van der Waals surface area contributed by atoms with Crippen molar-refractivity contribution in [1.29, 1.82) is 0 Å². The van der Waals surface area contributed by atoms with Crippen LogP contribution in [0.25, 0.3) is 0 Å². The Kier molecular flexibility index (Phi) is 3.12. The first kappa shape index (κ1) is 14.5. The summed E-state index contributed by atoms with van der Waals surface area (Å²) in [5, 5.41) is 0. The molecule has 0 aliphatic heterocycles. The summed E-state index contributed by atoms with van der Waals surface area (Å²) in [6.07, 6.45) is 0. The van der Waals surface area contributed by atoms with Gasteiger partial charge in [-0.1, -0.05) is 0 Å². The second kappa shape index (κ2) is 3.45. The molecule has 0 radical (unpaired) electrons. The molecule has 0 saturated carbocycles. The van der Waals surface area contributed by atoms with E-state index in [1.54, 1.807) is 11.1 Å². The van der Waals surface area contributed by atoms with Gasteiger partial charge in [0.2, 0.25) is 0 Å². The van der Waals surface area contributed by atoms with E-state index in [2.05, 4.69) is 81.2 Å². The van der Waals surface area contributed by atoms with Crippen molar-refractivity contribution >= 4 is 0 Å². The Labute approximate surface area is 112 Å². The first-order valence-corrected chi connectivity index (χ1v) is 7.36. The van der Waals surface area contributed by atoms with Gasteiger partial charge in [-0.05, 0) is 0 Å². The third-order valence-corrected chi connectivity index (χ3v) is 6.35. The van der Waals surface area contributed by atoms with Crippen LogP contribution >= 0.6 is 0 Å². The summed E-state index contributed by atoms with van der Waals surface area (Å²) in [4.78, 5) is 0. The van der Waals surface area contributed by atoms with Gasteiger partial charge in [0.15, 0.2) is 0 Å². The SMILES string of the molecule is CC(C)(C)C1=C(C(C)(C)C)[C]1([Ir])C(C)(C)C. The van der Waals surface area contributed by atoms with Crippen LogP contribution in [-0.2, 0) is 18.9 Å². The topological polar surface area (TPSA) is 0 Å². The zero-order valence-electron chi connectivity index (χ0n) is 12.3. The fourth-order valence-corrected chi connectivity index (χ4v) is 5.00. The van der Waals surface area contributed by atoms with Crippen molar-refractivity contribution < 1.29 is 18.9 Å². The Balaban J connectivity index is 3.26. The zero-order valence-corrected chi connectivity index (χ0v) is 14.7. The summed E-state index contributed by atoms with van der Waals surface area (Å²) >= 11 is 2.44. The van der Waals surface area contributed by atoms with Crippen LogP contribution in [0.15, 0.2) is 11.1 Å². The molecule has 96 valence electrons. The molecular formula is C15H27Ir. The standard InChI is InChI=1S/C15H27.Ir/c1-13(2,3)10-11(14(4,5)6)12(10)15(7,8)9;/h1-9H3;. The minimum atomic E-state index is 0.310. The molecule has 0 aromatic rings. The molecule has 0 amide bonds. The van der Waals surface area contributed by atoms with Gasteiger partial charge in [-0.3, -0.25) is 0 Å². The molecule has 0 N–H and O–H groups in total. The van der Waals surface area contributed by atoms with Crippen molar-refractivity contribution in [2.75, 3.05) is 0 Å². The summed E-state index contributed by atoms with van der Waals surface area (Å²) in [5.74, 6) is 0. The Morgan fingerprint density at radius 2 is 0.938 bits per heavy atom. The van der Waals surface area contributed by atoms with Gasteiger partial charge in [-0.25, -0.2) is 0 Å². The normalized spacial score (nSPS) is 21.4. The van der Waals surface area contributed by atoms with Crippen LogP contribution in [0.4, 0.5) is 0 Å². The van der Waals surface area contributed by atoms with Crippen molar-refractivity contribution in [1.82, 2.24) is 0 Å². The van der Waals surface area contributed by atoms with Gasteiger partial charge < -0.3 is 0 Å². The van der Waals surface area contributed by atoms with Gasteiger partial charge in [-0.2, -0.15) is 0 Å². The quantitative estimate of drug-likeness (QED) is 0.495. The second-order valence-electron chi connectivity index (χ2n) is 8.12. The van der Waals surface area contributed by atoms with Gasteiger partial charge in [0.05, 0.1) is 0 Å². The van der Waals surface area contributed by atoms with E-state index in [4.69, 9.17) is 0 Å². The summed E-state index contributed by atoms with van der Waals surface area (Å²) in [7, 11) is 0. The monoisotopic (exact) mass is 400 g/mol. The van der Waals surface area contributed by atoms with E-state index in [0.717, 1.165) is 0 Å². The predicted octanol–water partition coefficient (Wildman–Crippen LogP) is 5.14. The zero-order chi connectivity index (χ0) is 13.2. The Morgan fingerprint density at radius 1 is 0.688 bits per heavy atom. The molecule has 0 atom stereocenters. The van der Waals surface area contributed by atoms with Crippen LogP contribution in [0.1, 0.15) is 62.3 Å². The first-order chi connectivity index (χ1) is 6.74. The van der Waals surface area contributed by atoms with Gasteiger partial charge in [0, 0.05) is 0 Å². The van der Waals surface area contributed by atoms with Crippen LogP contribution in [0, 0.1) is 16.2 Å². The fourth-order valence-electron chi connectivity index (χ4n) is 2.75.